The monoisotopic (exact) mass is 393 g/mol. The van der Waals surface area contributed by atoms with E-state index in [-0.39, 0.29) is 30.4 Å². The molecular formula is C20H28ClN3OS. The number of piperidine rings is 1. The van der Waals surface area contributed by atoms with E-state index in [0.29, 0.717) is 6.42 Å². The van der Waals surface area contributed by atoms with Gasteiger partial charge in [0.25, 0.3) is 0 Å². The zero-order valence-corrected chi connectivity index (χ0v) is 17.1. The molecule has 6 heteroatoms. The Morgan fingerprint density at radius 1 is 1.35 bits per heavy atom. The zero-order valence-electron chi connectivity index (χ0n) is 15.5. The SMILES string of the molecule is CCc1ccc(-c2nc(CC(=O)N3CCCCC3C(C)N)cs2)cc1.Cl. The lowest BCUT2D eigenvalue weighted by molar-refractivity contribution is -0.134. The zero-order chi connectivity index (χ0) is 17.8. The van der Waals surface area contributed by atoms with E-state index in [1.165, 1.54) is 5.56 Å². The average molecular weight is 394 g/mol. The summed E-state index contributed by atoms with van der Waals surface area (Å²) in [6, 6.07) is 8.69. The normalized spacial score (nSPS) is 18.3. The predicted octanol–water partition coefficient (Wildman–Crippen LogP) is 4.07. The molecular weight excluding hydrogens is 366 g/mol. The molecule has 4 nitrogen and oxygen atoms in total. The molecule has 1 aromatic heterocycles. The third kappa shape index (κ3) is 4.84. The summed E-state index contributed by atoms with van der Waals surface area (Å²) in [7, 11) is 0. The number of rotatable bonds is 5. The van der Waals surface area contributed by atoms with Crippen LogP contribution in [0.4, 0.5) is 0 Å². The van der Waals surface area contributed by atoms with E-state index in [0.717, 1.165) is 48.5 Å². The van der Waals surface area contributed by atoms with Crippen molar-refractivity contribution in [1.82, 2.24) is 9.88 Å². The molecule has 1 fully saturated rings. The minimum atomic E-state index is 0. The Labute approximate surface area is 166 Å². The molecule has 1 aliphatic rings. The number of nitrogens with two attached hydrogens (primary N) is 1. The van der Waals surface area contributed by atoms with Crippen LogP contribution in [0.5, 0.6) is 0 Å². The predicted molar refractivity (Wildman–Crippen MR) is 111 cm³/mol. The maximum Gasteiger partial charge on any atom is 0.228 e. The summed E-state index contributed by atoms with van der Waals surface area (Å²) in [5.74, 6) is 0.153. The number of thiazole rings is 1. The number of hydrogen-bond acceptors (Lipinski definition) is 4. The van der Waals surface area contributed by atoms with Gasteiger partial charge in [0.05, 0.1) is 12.1 Å². The summed E-state index contributed by atoms with van der Waals surface area (Å²) in [6.45, 7) is 4.97. The number of amides is 1. The fourth-order valence-corrected chi connectivity index (χ4v) is 4.30. The van der Waals surface area contributed by atoms with Crippen molar-refractivity contribution in [1.29, 1.82) is 0 Å². The quantitative estimate of drug-likeness (QED) is 0.833. The highest BCUT2D eigenvalue weighted by atomic mass is 35.5. The number of carbonyl (C=O) groups is 1. The van der Waals surface area contributed by atoms with Crippen molar-refractivity contribution in [2.24, 2.45) is 5.73 Å². The second-order valence-electron chi connectivity index (χ2n) is 6.88. The van der Waals surface area contributed by atoms with Crippen molar-refractivity contribution in [3.05, 3.63) is 40.9 Å². The molecule has 0 spiro atoms. The molecule has 2 heterocycles. The topological polar surface area (TPSA) is 59.2 Å². The number of aromatic nitrogens is 1. The Balaban J connectivity index is 0.00000243. The van der Waals surface area contributed by atoms with Gasteiger partial charge in [-0.25, -0.2) is 4.98 Å². The minimum absolute atomic E-state index is 0. The number of hydrogen-bond donors (Lipinski definition) is 1. The first kappa shape index (κ1) is 20.9. The molecule has 0 radical (unpaired) electrons. The second-order valence-corrected chi connectivity index (χ2v) is 7.74. The summed E-state index contributed by atoms with van der Waals surface area (Å²) in [5, 5.41) is 2.99. The summed E-state index contributed by atoms with van der Waals surface area (Å²) < 4.78 is 0. The molecule has 2 atom stereocenters. The van der Waals surface area contributed by atoms with Gasteiger partial charge in [0.15, 0.2) is 0 Å². The molecule has 0 bridgehead atoms. The van der Waals surface area contributed by atoms with E-state index in [9.17, 15) is 4.79 Å². The van der Waals surface area contributed by atoms with E-state index >= 15 is 0 Å². The fraction of sp³-hybridized carbons (Fsp3) is 0.500. The third-order valence-corrected chi connectivity index (χ3v) is 5.91. The van der Waals surface area contributed by atoms with Crippen LogP contribution in [0.2, 0.25) is 0 Å². The maximum atomic E-state index is 12.7. The van der Waals surface area contributed by atoms with Crippen LogP contribution >= 0.6 is 23.7 Å². The average Bonchev–Trinajstić information content (AvgIpc) is 3.10. The smallest absolute Gasteiger partial charge is 0.228 e. The first-order chi connectivity index (χ1) is 12.1. The van der Waals surface area contributed by atoms with E-state index in [4.69, 9.17) is 5.73 Å². The molecule has 2 aromatic rings. The molecule has 1 aromatic carbocycles. The van der Waals surface area contributed by atoms with E-state index in [1.807, 2.05) is 17.2 Å². The van der Waals surface area contributed by atoms with E-state index in [1.54, 1.807) is 11.3 Å². The molecule has 142 valence electrons. The fourth-order valence-electron chi connectivity index (χ4n) is 3.47. The Kier molecular flexibility index (Phi) is 7.62. The second kappa shape index (κ2) is 9.49. The molecule has 0 aliphatic carbocycles. The van der Waals surface area contributed by atoms with Gasteiger partial charge in [-0.2, -0.15) is 0 Å². The number of aryl methyl sites for hydroxylation is 1. The molecule has 1 aliphatic heterocycles. The highest BCUT2D eigenvalue weighted by Crippen LogP contribution is 2.25. The van der Waals surface area contributed by atoms with Crippen LogP contribution in [-0.4, -0.2) is 34.4 Å². The highest BCUT2D eigenvalue weighted by molar-refractivity contribution is 7.13. The highest BCUT2D eigenvalue weighted by Gasteiger charge is 2.29. The van der Waals surface area contributed by atoms with E-state index in [2.05, 4.69) is 36.2 Å². The van der Waals surface area contributed by atoms with Crippen LogP contribution in [0.15, 0.2) is 29.6 Å². The lowest BCUT2D eigenvalue weighted by Gasteiger charge is -2.38. The number of carbonyl (C=O) groups excluding carboxylic acids is 1. The van der Waals surface area contributed by atoms with Crippen molar-refractivity contribution in [2.45, 2.75) is 58.0 Å². The van der Waals surface area contributed by atoms with Gasteiger partial charge >= 0.3 is 0 Å². The standard InChI is InChI=1S/C20H27N3OS.ClH/c1-3-15-7-9-16(10-8-15)20-22-17(13-25-20)12-19(24)23-11-5-4-6-18(23)14(2)21;/h7-10,13-14,18H,3-6,11-12,21H2,1-2H3;1H. The van der Waals surface area contributed by atoms with Gasteiger partial charge in [0.2, 0.25) is 5.91 Å². The summed E-state index contributed by atoms with van der Waals surface area (Å²) in [6.07, 6.45) is 4.64. The van der Waals surface area contributed by atoms with Crippen LogP contribution in [0.25, 0.3) is 10.6 Å². The molecule has 2 N–H and O–H groups in total. The first-order valence-corrected chi connectivity index (χ1v) is 10.0. The van der Waals surface area contributed by atoms with Crippen LogP contribution in [-0.2, 0) is 17.6 Å². The molecule has 1 amide bonds. The summed E-state index contributed by atoms with van der Waals surface area (Å²) in [4.78, 5) is 19.4. The van der Waals surface area contributed by atoms with Gasteiger partial charge in [-0.15, -0.1) is 23.7 Å². The molecule has 2 unspecified atom stereocenters. The Morgan fingerprint density at radius 3 is 2.73 bits per heavy atom. The number of benzene rings is 1. The Morgan fingerprint density at radius 2 is 2.08 bits per heavy atom. The summed E-state index contributed by atoms with van der Waals surface area (Å²) in [5.41, 5.74) is 9.38. The van der Waals surface area contributed by atoms with Crippen molar-refractivity contribution >= 4 is 29.7 Å². The number of halogens is 1. The Hall–Kier alpha value is -1.43. The lowest BCUT2D eigenvalue weighted by atomic mass is 9.96. The van der Waals surface area contributed by atoms with Crippen molar-refractivity contribution < 1.29 is 4.79 Å². The summed E-state index contributed by atoms with van der Waals surface area (Å²) >= 11 is 1.61. The number of nitrogens with zero attached hydrogens (tertiary/aromatic N) is 2. The van der Waals surface area contributed by atoms with Crippen LogP contribution < -0.4 is 5.73 Å². The molecule has 3 rings (SSSR count). The first-order valence-electron chi connectivity index (χ1n) is 9.17. The van der Waals surface area contributed by atoms with Gasteiger partial charge in [-0.3, -0.25) is 4.79 Å². The molecule has 1 saturated heterocycles. The van der Waals surface area contributed by atoms with Crippen molar-refractivity contribution in [2.75, 3.05) is 6.54 Å². The van der Waals surface area contributed by atoms with Gasteiger partial charge in [0, 0.05) is 29.6 Å². The van der Waals surface area contributed by atoms with Gasteiger partial charge in [-0.1, -0.05) is 31.2 Å². The third-order valence-electron chi connectivity index (χ3n) is 4.97. The van der Waals surface area contributed by atoms with Crippen LogP contribution in [0.3, 0.4) is 0 Å². The van der Waals surface area contributed by atoms with Crippen LogP contribution in [0.1, 0.15) is 44.4 Å². The van der Waals surface area contributed by atoms with Gasteiger partial charge < -0.3 is 10.6 Å². The largest absolute Gasteiger partial charge is 0.338 e. The minimum Gasteiger partial charge on any atom is -0.338 e. The molecule has 0 saturated carbocycles. The Bertz CT molecular complexity index is 714. The van der Waals surface area contributed by atoms with E-state index < -0.39 is 0 Å². The lowest BCUT2D eigenvalue weighted by Crippen LogP contribution is -2.52. The van der Waals surface area contributed by atoms with Crippen molar-refractivity contribution in [3.8, 4) is 10.6 Å². The van der Waals surface area contributed by atoms with Gasteiger partial charge in [0.1, 0.15) is 5.01 Å². The van der Waals surface area contributed by atoms with Gasteiger partial charge in [-0.05, 0) is 38.2 Å². The molecule has 26 heavy (non-hydrogen) atoms. The number of likely N-dealkylation sites (tertiary alicyclic amines) is 1. The van der Waals surface area contributed by atoms with Crippen LogP contribution in [0, 0.1) is 0 Å². The maximum absolute atomic E-state index is 12.7. The van der Waals surface area contributed by atoms with Crippen molar-refractivity contribution in [3.63, 3.8) is 0 Å².